The Balaban J connectivity index is 1.43. The van der Waals surface area contributed by atoms with Gasteiger partial charge in [-0.15, -0.1) is 16.9 Å². The SMILES string of the molecule is CSc1ccc(-c2nnc(NC(=O)Cc3ccc4ccccc4c3)o2)cc1. The lowest BCUT2D eigenvalue weighted by atomic mass is 10.1. The van der Waals surface area contributed by atoms with Gasteiger partial charge >= 0.3 is 6.01 Å². The molecule has 0 saturated carbocycles. The van der Waals surface area contributed by atoms with Crippen LogP contribution in [0.5, 0.6) is 0 Å². The highest BCUT2D eigenvalue weighted by molar-refractivity contribution is 7.98. The third-order valence-electron chi connectivity index (χ3n) is 4.19. The Hall–Kier alpha value is -3.12. The first kappa shape index (κ1) is 17.3. The molecule has 0 atom stereocenters. The molecule has 1 N–H and O–H groups in total. The zero-order valence-electron chi connectivity index (χ0n) is 14.7. The Bertz CT molecular complexity index is 1090. The van der Waals surface area contributed by atoms with E-state index in [0.29, 0.717) is 5.89 Å². The molecule has 3 aromatic carbocycles. The average Bonchev–Trinajstić information content (AvgIpc) is 3.16. The molecule has 0 saturated heterocycles. The van der Waals surface area contributed by atoms with Crippen molar-refractivity contribution in [2.24, 2.45) is 0 Å². The minimum absolute atomic E-state index is 0.102. The van der Waals surface area contributed by atoms with Crippen LogP contribution in [0.3, 0.4) is 0 Å². The van der Waals surface area contributed by atoms with Gasteiger partial charge in [-0.05, 0) is 46.9 Å². The van der Waals surface area contributed by atoms with Crippen LogP contribution in [0.25, 0.3) is 22.2 Å². The highest BCUT2D eigenvalue weighted by atomic mass is 32.2. The lowest BCUT2D eigenvalue weighted by Gasteiger charge is -2.03. The fraction of sp³-hybridized carbons (Fsp3) is 0.0952. The van der Waals surface area contributed by atoms with Gasteiger partial charge in [0.15, 0.2) is 0 Å². The van der Waals surface area contributed by atoms with E-state index in [1.54, 1.807) is 11.8 Å². The second-order valence-electron chi connectivity index (χ2n) is 6.05. The summed E-state index contributed by atoms with van der Waals surface area (Å²) in [4.78, 5) is 13.5. The average molecular weight is 375 g/mol. The Labute approximate surface area is 160 Å². The van der Waals surface area contributed by atoms with E-state index in [2.05, 4.69) is 15.5 Å². The van der Waals surface area contributed by atoms with Crippen molar-refractivity contribution in [3.8, 4) is 11.5 Å². The Morgan fingerprint density at radius 3 is 2.56 bits per heavy atom. The third kappa shape index (κ3) is 4.01. The topological polar surface area (TPSA) is 68.0 Å². The zero-order chi connectivity index (χ0) is 18.6. The van der Waals surface area contributed by atoms with Gasteiger partial charge in [-0.1, -0.05) is 47.6 Å². The number of carbonyl (C=O) groups is 1. The van der Waals surface area contributed by atoms with Crippen molar-refractivity contribution in [3.05, 3.63) is 72.3 Å². The van der Waals surface area contributed by atoms with Crippen molar-refractivity contribution in [2.75, 3.05) is 11.6 Å². The fourth-order valence-corrected chi connectivity index (χ4v) is 3.23. The quantitative estimate of drug-likeness (QED) is 0.508. The van der Waals surface area contributed by atoms with Crippen LogP contribution in [-0.4, -0.2) is 22.4 Å². The number of hydrogen-bond acceptors (Lipinski definition) is 5. The van der Waals surface area contributed by atoms with E-state index < -0.39 is 0 Å². The molecule has 27 heavy (non-hydrogen) atoms. The van der Waals surface area contributed by atoms with Crippen molar-refractivity contribution in [3.63, 3.8) is 0 Å². The molecule has 0 bridgehead atoms. The molecule has 4 rings (SSSR count). The van der Waals surface area contributed by atoms with Crippen LogP contribution >= 0.6 is 11.8 Å². The number of nitrogens with zero attached hydrogens (tertiary/aromatic N) is 2. The van der Waals surface area contributed by atoms with Gasteiger partial charge in [0.1, 0.15) is 0 Å². The number of fused-ring (bicyclic) bond motifs is 1. The van der Waals surface area contributed by atoms with Crippen LogP contribution < -0.4 is 5.32 Å². The van der Waals surface area contributed by atoms with E-state index in [0.717, 1.165) is 26.8 Å². The predicted molar refractivity (Wildman–Crippen MR) is 108 cm³/mol. The normalized spacial score (nSPS) is 10.9. The number of nitrogens with one attached hydrogen (secondary N) is 1. The number of benzene rings is 3. The monoisotopic (exact) mass is 375 g/mol. The summed E-state index contributed by atoms with van der Waals surface area (Å²) in [6.45, 7) is 0. The van der Waals surface area contributed by atoms with Crippen molar-refractivity contribution < 1.29 is 9.21 Å². The maximum Gasteiger partial charge on any atom is 0.322 e. The van der Waals surface area contributed by atoms with Gasteiger partial charge in [0.05, 0.1) is 6.42 Å². The minimum atomic E-state index is -0.196. The molecular formula is C21H17N3O2S. The zero-order valence-corrected chi connectivity index (χ0v) is 15.5. The summed E-state index contributed by atoms with van der Waals surface area (Å²) in [7, 11) is 0. The van der Waals surface area contributed by atoms with Gasteiger partial charge in [-0.2, -0.15) is 0 Å². The summed E-state index contributed by atoms with van der Waals surface area (Å²) in [5.74, 6) is 0.182. The fourth-order valence-electron chi connectivity index (χ4n) is 2.82. The van der Waals surface area contributed by atoms with Gasteiger partial charge in [-0.25, -0.2) is 0 Å². The summed E-state index contributed by atoms with van der Waals surface area (Å²) in [5, 5.41) is 12.8. The highest BCUT2D eigenvalue weighted by Crippen LogP contribution is 2.23. The Morgan fingerprint density at radius 2 is 1.78 bits per heavy atom. The molecule has 1 aromatic heterocycles. The lowest BCUT2D eigenvalue weighted by molar-refractivity contribution is -0.115. The summed E-state index contributed by atoms with van der Waals surface area (Å²) < 4.78 is 5.56. The first-order chi connectivity index (χ1) is 13.2. The second kappa shape index (κ2) is 7.63. The first-order valence-electron chi connectivity index (χ1n) is 8.47. The summed E-state index contributed by atoms with van der Waals surface area (Å²) >= 11 is 1.66. The number of carbonyl (C=O) groups excluding carboxylic acids is 1. The summed E-state index contributed by atoms with van der Waals surface area (Å²) in [5.41, 5.74) is 1.74. The maximum atomic E-state index is 12.3. The van der Waals surface area contributed by atoms with Crippen molar-refractivity contribution in [1.29, 1.82) is 0 Å². The number of aromatic nitrogens is 2. The second-order valence-corrected chi connectivity index (χ2v) is 6.93. The molecule has 1 heterocycles. The summed E-state index contributed by atoms with van der Waals surface area (Å²) in [6.07, 6.45) is 2.26. The maximum absolute atomic E-state index is 12.3. The van der Waals surface area contributed by atoms with Gasteiger partial charge in [0, 0.05) is 10.5 Å². The van der Waals surface area contributed by atoms with Crippen molar-refractivity contribution >= 4 is 34.5 Å². The van der Waals surface area contributed by atoms with Crippen LogP contribution in [-0.2, 0) is 11.2 Å². The molecule has 1 amide bonds. The molecule has 5 nitrogen and oxygen atoms in total. The van der Waals surface area contributed by atoms with Crippen LogP contribution in [0.4, 0.5) is 6.01 Å². The molecular weight excluding hydrogens is 358 g/mol. The number of amides is 1. The summed E-state index contributed by atoms with van der Waals surface area (Å²) in [6, 6.07) is 22.0. The van der Waals surface area contributed by atoms with Gasteiger partial charge in [0.25, 0.3) is 0 Å². The first-order valence-corrected chi connectivity index (χ1v) is 9.69. The number of anilines is 1. The molecule has 0 aliphatic rings. The van der Waals surface area contributed by atoms with E-state index in [9.17, 15) is 4.79 Å². The molecule has 134 valence electrons. The molecule has 0 unspecified atom stereocenters. The molecule has 4 aromatic rings. The van der Waals surface area contributed by atoms with Gasteiger partial charge in [0.2, 0.25) is 11.8 Å². The number of hydrogen-bond donors (Lipinski definition) is 1. The standard InChI is InChI=1S/C21H17N3O2S/c1-27-18-10-8-16(9-11-18)20-23-24-21(26-20)22-19(25)13-14-6-7-15-4-2-3-5-17(15)12-14/h2-12H,13H2,1H3,(H,22,24,25). The molecule has 6 heteroatoms. The number of thioether (sulfide) groups is 1. The van der Waals surface area contributed by atoms with Crippen LogP contribution in [0.2, 0.25) is 0 Å². The highest BCUT2D eigenvalue weighted by Gasteiger charge is 2.12. The Morgan fingerprint density at radius 1 is 1.00 bits per heavy atom. The van der Waals surface area contributed by atoms with E-state index in [1.165, 1.54) is 0 Å². The number of rotatable bonds is 5. The lowest BCUT2D eigenvalue weighted by Crippen LogP contribution is -2.14. The van der Waals surface area contributed by atoms with E-state index in [4.69, 9.17) is 4.42 Å². The van der Waals surface area contributed by atoms with Gasteiger partial charge in [-0.3, -0.25) is 10.1 Å². The Kier molecular flexibility index (Phi) is 4.89. The molecule has 0 radical (unpaired) electrons. The molecule has 0 fully saturated rings. The molecule has 0 aliphatic heterocycles. The van der Waals surface area contributed by atoms with Crippen LogP contribution in [0, 0.1) is 0 Å². The van der Waals surface area contributed by atoms with E-state index in [-0.39, 0.29) is 18.3 Å². The predicted octanol–water partition coefficient (Wildman–Crippen LogP) is 4.79. The van der Waals surface area contributed by atoms with Crippen molar-refractivity contribution in [1.82, 2.24) is 10.2 Å². The van der Waals surface area contributed by atoms with E-state index in [1.807, 2.05) is 73.0 Å². The third-order valence-corrected chi connectivity index (χ3v) is 4.93. The van der Waals surface area contributed by atoms with Gasteiger partial charge < -0.3 is 4.42 Å². The van der Waals surface area contributed by atoms with Crippen molar-refractivity contribution in [2.45, 2.75) is 11.3 Å². The van der Waals surface area contributed by atoms with Crippen LogP contribution in [0.1, 0.15) is 5.56 Å². The minimum Gasteiger partial charge on any atom is -0.403 e. The smallest absolute Gasteiger partial charge is 0.322 e. The largest absolute Gasteiger partial charge is 0.403 e. The molecule has 0 aliphatic carbocycles. The van der Waals surface area contributed by atoms with Crippen LogP contribution in [0.15, 0.2) is 76.0 Å². The molecule has 0 spiro atoms. The van der Waals surface area contributed by atoms with E-state index >= 15 is 0 Å².